The molecule has 0 unspecified atom stereocenters. The predicted molar refractivity (Wildman–Crippen MR) is 123 cm³/mol. The summed E-state index contributed by atoms with van der Waals surface area (Å²) in [7, 11) is 1.58. The molecule has 6 heteroatoms. The minimum absolute atomic E-state index is 0.326. The maximum absolute atomic E-state index is 9.69. The molecule has 5 nitrogen and oxygen atoms in total. The van der Waals surface area contributed by atoms with Crippen LogP contribution < -0.4 is 9.47 Å². The molecule has 0 saturated carbocycles. The Morgan fingerprint density at radius 2 is 1.97 bits per heavy atom. The Morgan fingerprint density at radius 3 is 2.74 bits per heavy atom. The summed E-state index contributed by atoms with van der Waals surface area (Å²) in [6.07, 6.45) is 1.77. The zero-order valence-electron chi connectivity index (χ0n) is 17.1. The average molecular weight is 430 g/mol. The van der Waals surface area contributed by atoms with E-state index >= 15 is 0 Å². The number of aryl methyl sites for hydroxylation is 1. The van der Waals surface area contributed by atoms with Gasteiger partial charge in [-0.2, -0.15) is 5.26 Å². The molecule has 1 N–H and O–H groups in total. The van der Waals surface area contributed by atoms with E-state index < -0.39 is 0 Å². The van der Waals surface area contributed by atoms with Crippen molar-refractivity contribution < 1.29 is 9.47 Å². The number of imidazole rings is 1. The van der Waals surface area contributed by atoms with Crippen molar-refractivity contribution in [3.63, 3.8) is 0 Å². The molecule has 0 atom stereocenters. The third-order valence-electron chi connectivity index (χ3n) is 4.85. The fraction of sp³-hybridized carbons (Fsp3) is 0.120. The highest BCUT2D eigenvalue weighted by Crippen LogP contribution is 2.31. The summed E-state index contributed by atoms with van der Waals surface area (Å²) in [6, 6.07) is 21.2. The van der Waals surface area contributed by atoms with Crippen LogP contribution >= 0.6 is 11.6 Å². The first-order valence-corrected chi connectivity index (χ1v) is 10.1. The molecule has 154 valence electrons. The SMILES string of the molecule is COc1cc(/C=C(/C#N)c2nc3ccc(C)cc3[nH]2)ccc1OCc1ccccc1Cl. The standard InChI is InChI=1S/C25H20ClN3O2/c1-16-7-9-21-22(11-16)29-25(28-21)19(14-27)12-17-8-10-23(24(13-17)30-2)31-15-18-5-3-4-6-20(18)26/h3-13H,15H2,1-2H3,(H,28,29)/b19-12-. The van der Waals surface area contributed by atoms with Crippen molar-refractivity contribution in [2.45, 2.75) is 13.5 Å². The number of hydrogen-bond acceptors (Lipinski definition) is 4. The number of halogens is 1. The van der Waals surface area contributed by atoms with Gasteiger partial charge in [0.15, 0.2) is 11.5 Å². The quantitative estimate of drug-likeness (QED) is 0.371. The number of fused-ring (bicyclic) bond motifs is 1. The number of nitriles is 1. The molecule has 0 radical (unpaired) electrons. The number of aromatic amines is 1. The van der Waals surface area contributed by atoms with Crippen molar-refractivity contribution >= 4 is 34.3 Å². The molecular weight excluding hydrogens is 410 g/mol. The summed E-state index contributed by atoms with van der Waals surface area (Å²) in [4.78, 5) is 7.76. The third-order valence-corrected chi connectivity index (χ3v) is 5.22. The molecule has 0 saturated heterocycles. The van der Waals surface area contributed by atoms with Crippen molar-refractivity contribution in [3.05, 3.63) is 88.2 Å². The predicted octanol–water partition coefficient (Wildman–Crippen LogP) is 6.18. The summed E-state index contributed by atoms with van der Waals surface area (Å²) in [5, 5.41) is 10.3. The molecular formula is C25H20ClN3O2. The summed E-state index contributed by atoms with van der Waals surface area (Å²) < 4.78 is 11.4. The maximum Gasteiger partial charge on any atom is 0.161 e. The van der Waals surface area contributed by atoms with Gasteiger partial charge >= 0.3 is 0 Å². The second kappa shape index (κ2) is 8.95. The van der Waals surface area contributed by atoms with Gasteiger partial charge in [-0.05, 0) is 54.5 Å². The second-order valence-corrected chi connectivity index (χ2v) is 7.47. The van der Waals surface area contributed by atoms with E-state index in [-0.39, 0.29) is 0 Å². The third kappa shape index (κ3) is 4.55. The van der Waals surface area contributed by atoms with E-state index in [1.54, 1.807) is 13.2 Å². The van der Waals surface area contributed by atoms with Crippen LogP contribution in [-0.4, -0.2) is 17.1 Å². The number of ether oxygens (including phenoxy) is 2. The van der Waals surface area contributed by atoms with Crippen molar-refractivity contribution in [1.29, 1.82) is 5.26 Å². The molecule has 0 aliphatic carbocycles. The van der Waals surface area contributed by atoms with Gasteiger partial charge in [0, 0.05) is 10.6 Å². The van der Waals surface area contributed by atoms with Crippen LogP contribution in [0, 0.1) is 18.3 Å². The number of methoxy groups -OCH3 is 1. The van der Waals surface area contributed by atoms with Crippen LogP contribution in [0.5, 0.6) is 11.5 Å². The van der Waals surface area contributed by atoms with Crippen LogP contribution in [-0.2, 0) is 6.61 Å². The molecule has 0 amide bonds. The van der Waals surface area contributed by atoms with Crippen LogP contribution in [0.1, 0.15) is 22.5 Å². The van der Waals surface area contributed by atoms with Crippen molar-refractivity contribution in [2.75, 3.05) is 7.11 Å². The van der Waals surface area contributed by atoms with Crippen molar-refractivity contribution in [3.8, 4) is 17.6 Å². The van der Waals surface area contributed by atoms with E-state index in [9.17, 15) is 5.26 Å². The van der Waals surface area contributed by atoms with Gasteiger partial charge in [-0.25, -0.2) is 4.98 Å². The fourth-order valence-corrected chi connectivity index (χ4v) is 3.43. The fourth-order valence-electron chi connectivity index (χ4n) is 3.24. The van der Waals surface area contributed by atoms with E-state index in [1.807, 2.05) is 67.6 Å². The molecule has 1 aromatic heterocycles. The summed E-state index contributed by atoms with van der Waals surface area (Å²) >= 11 is 6.20. The largest absolute Gasteiger partial charge is 0.493 e. The number of aromatic nitrogens is 2. The highest BCUT2D eigenvalue weighted by atomic mass is 35.5. The van der Waals surface area contributed by atoms with Gasteiger partial charge in [-0.3, -0.25) is 0 Å². The zero-order chi connectivity index (χ0) is 21.8. The van der Waals surface area contributed by atoms with Crippen LogP contribution in [0.3, 0.4) is 0 Å². The molecule has 0 bridgehead atoms. The molecule has 0 spiro atoms. The van der Waals surface area contributed by atoms with Crippen LogP contribution in [0.15, 0.2) is 60.7 Å². The molecule has 4 rings (SSSR count). The number of H-pyrrole nitrogens is 1. The summed E-state index contributed by atoms with van der Waals surface area (Å²) in [5.41, 5.74) is 4.97. The lowest BCUT2D eigenvalue weighted by Crippen LogP contribution is -1.98. The highest BCUT2D eigenvalue weighted by Gasteiger charge is 2.11. The Kier molecular flexibility index (Phi) is 5.92. The van der Waals surface area contributed by atoms with Crippen LogP contribution in [0.4, 0.5) is 0 Å². The molecule has 3 aromatic carbocycles. The lowest BCUT2D eigenvalue weighted by atomic mass is 10.1. The Balaban J connectivity index is 1.60. The number of allylic oxidation sites excluding steroid dienone is 1. The van der Waals surface area contributed by atoms with Crippen LogP contribution in [0.2, 0.25) is 5.02 Å². The molecule has 1 heterocycles. The molecule has 0 aliphatic heterocycles. The Morgan fingerprint density at radius 1 is 1.13 bits per heavy atom. The number of rotatable bonds is 6. The minimum Gasteiger partial charge on any atom is -0.493 e. The van der Waals surface area contributed by atoms with Crippen LogP contribution in [0.25, 0.3) is 22.7 Å². The Bertz CT molecular complexity index is 1320. The first-order valence-electron chi connectivity index (χ1n) is 9.70. The molecule has 0 fully saturated rings. The van der Waals surface area contributed by atoms with Crippen molar-refractivity contribution in [1.82, 2.24) is 9.97 Å². The maximum atomic E-state index is 9.69. The van der Waals surface area contributed by atoms with E-state index in [1.165, 1.54) is 0 Å². The van der Waals surface area contributed by atoms with Gasteiger partial charge in [-0.1, -0.05) is 41.9 Å². The van der Waals surface area contributed by atoms with Crippen molar-refractivity contribution in [2.24, 2.45) is 0 Å². The second-order valence-electron chi connectivity index (χ2n) is 7.07. The van der Waals surface area contributed by atoms with Gasteiger partial charge in [-0.15, -0.1) is 0 Å². The van der Waals surface area contributed by atoms with Gasteiger partial charge in [0.25, 0.3) is 0 Å². The smallest absolute Gasteiger partial charge is 0.161 e. The van der Waals surface area contributed by atoms with E-state index in [4.69, 9.17) is 21.1 Å². The lowest BCUT2D eigenvalue weighted by molar-refractivity contribution is 0.284. The van der Waals surface area contributed by atoms with E-state index in [0.29, 0.717) is 34.5 Å². The Labute approximate surface area is 185 Å². The molecule has 0 aliphatic rings. The monoisotopic (exact) mass is 429 g/mol. The number of nitrogens with one attached hydrogen (secondary N) is 1. The average Bonchev–Trinajstić information content (AvgIpc) is 3.20. The first kappa shape index (κ1) is 20.5. The first-order chi connectivity index (χ1) is 15.1. The van der Waals surface area contributed by atoms with Gasteiger partial charge in [0.1, 0.15) is 18.5 Å². The minimum atomic E-state index is 0.326. The number of benzene rings is 3. The van der Waals surface area contributed by atoms with Gasteiger partial charge in [0.05, 0.1) is 23.7 Å². The number of nitrogens with zero attached hydrogens (tertiary/aromatic N) is 2. The van der Waals surface area contributed by atoms with Gasteiger partial charge < -0.3 is 14.5 Å². The van der Waals surface area contributed by atoms with Gasteiger partial charge in [0.2, 0.25) is 0 Å². The topological polar surface area (TPSA) is 70.9 Å². The number of hydrogen-bond donors (Lipinski definition) is 1. The highest BCUT2D eigenvalue weighted by molar-refractivity contribution is 6.31. The molecule has 31 heavy (non-hydrogen) atoms. The summed E-state index contributed by atoms with van der Waals surface area (Å²) in [6.45, 7) is 2.34. The zero-order valence-corrected chi connectivity index (χ0v) is 17.9. The van der Waals surface area contributed by atoms with E-state index in [0.717, 1.165) is 27.7 Å². The normalized spacial score (nSPS) is 11.4. The van der Waals surface area contributed by atoms with E-state index in [2.05, 4.69) is 16.0 Å². The lowest BCUT2D eigenvalue weighted by Gasteiger charge is -2.12. The Hall–Kier alpha value is -3.75. The summed E-state index contributed by atoms with van der Waals surface area (Å²) in [5.74, 6) is 1.69. The molecule has 4 aromatic rings.